The molecule has 74 valence electrons. The van der Waals surface area contributed by atoms with E-state index in [2.05, 4.69) is 23.3 Å². The summed E-state index contributed by atoms with van der Waals surface area (Å²) in [6.07, 6.45) is 0. The van der Waals surface area contributed by atoms with E-state index in [4.69, 9.17) is 0 Å². The van der Waals surface area contributed by atoms with Gasteiger partial charge in [-0.25, -0.2) is 0 Å². The van der Waals surface area contributed by atoms with E-state index in [1.807, 2.05) is 0 Å². The summed E-state index contributed by atoms with van der Waals surface area (Å²) in [7, 11) is 0. The standard InChI is InChI=1S/C7H12N2O3S/c1-5(10)2-8-6(11)3-9-7(12)4-13/h13H,2-4H2,1H3,(H,8,11)(H,9,12). The molecule has 6 heteroatoms. The Kier molecular flexibility index (Phi) is 5.96. The molecule has 13 heavy (non-hydrogen) atoms. The molecule has 0 aromatic heterocycles. The summed E-state index contributed by atoms with van der Waals surface area (Å²) in [6, 6.07) is 0. The first-order chi connectivity index (χ1) is 6.06. The van der Waals surface area contributed by atoms with E-state index in [0.717, 1.165) is 0 Å². The van der Waals surface area contributed by atoms with Crippen molar-refractivity contribution >= 4 is 30.2 Å². The van der Waals surface area contributed by atoms with Gasteiger partial charge in [-0.1, -0.05) is 0 Å². The van der Waals surface area contributed by atoms with Gasteiger partial charge in [0.05, 0.1) is 18.8 Å². The predicted molar refractivity (Wildman–Crippen MR) is 50.6 cm³/mol. The molecule has 5 nitrogen and oxygen atoms in total. The molecule has 0 aliphatic heterocycles. The van der Waals surface area contributed by atoms with Gasteiger partial charge in [0.1, 0.15) is 5.78 Å². The fourth-order valence-electron chi connectivity index (χ4n) is 0.520. The van der Waals surface area contributed by atoms with Crippen LogP contribution in [0.3, 0.4) is 0 Å². The second-order valence-electron chi connectivity index (χ2n) is 2.41. The van der Waals surface area contributed by atoms with Crippen LogP contribution in [0.2, 0.25) is 0 Å². The highest BCUT2D eigenvalue weighted by Gasteiger charge is 2.03. The summed E-state index contributed by atoms with van der Waals surface area (Å²) < 4.78 is 0. The van der Waals surface area contributed by atoms with Gasteiger partial charge in [-0.15, -0.1) is 0 Å². The third-order valence-electron chi connectivity index (χ3n) is 1.12. The number of Topliss-reactive ketones (excluding diaryl/α,β-unsaturated/α-hetero) is 1. The molecule has 2 amide bonds. The molecular formula is C7H12N2O3S. The fourth-order valence-corrected chi connectivity index (χ4v) is 0.632. The minimum atomic E-state index is -0.384. The highest BCUT2D eigenvalue weighted by Crippen LogP contribution is 1.73. The average Bonchev–Trinajstić information content (AvgIpc) is 2.10. The molecule has 0 saturated heterocycles. The van der Waals surface area contributed by atoms with Gasteiger partial charge in [-0.2, -0.15) is 12.6 Å². The third-order valence-corrected chi connectivity index (χ3v) is 1.41. The van der Waals surface area contributed by atoms with Crippen molar-refractivity contribution in [3.8, 4) is 0 Å². The van der Waals surface area contributed by atoms with Crippen molar-refractivity contribution in [2.45, 2.75) is 6.92 Å². The normalized spacial score (nSPS) is 9.08. The van der Waals surface area contributed by atoms with Crippen LogP contribution in [0, 0.1) is 0 Å². The largest absolute Gasteiger partial charge is 0.348 e. The Labute approximate surface area is 81.7 Å². The maximum absolute atomic E-state index is 10.9. The molecule has 0 fully saturated rings. The molecule has 0 saturated carbocycles. The smallest absolute Gasteiger partial charge is 0.239 e. The molecule has 0 radical (unpaired) electrons. The topological polar surface area (TPSA) is 75.3 Å². The molecule has 0 atom stereocenters. The lowest BCUT2D eigenvalue weighted by Crippen LogP contribution is -2.39. The fraction of sp³-hybridized carbons (Fsp3) is 0.571. The number of ketones is 1. The van der Waals surface area contributed by atoms with Crippen LogP contribution >= 0.6 is 12.6 Å². The minimum Gasteiger partial charge on any atom is -0.348 e. The second kappa shape index (κ2) is 6.47. The van der Waals surface area contributed by atoms with Gasteiger partial charge in [0.2, 0.25) is 11.8 Å². The Morgan fingerprint density at radius 1 is 1.08 bits per heavy atom. The molecule has 0 aromatic rings. The Morgan fingerprint density at radius 3 is 2.08 bits per heavy atom. The number of hydrogen-bond acceptors (Lipinski definition) is 4. The van der Waals surface area contributed by atoms with Crippen LogP contribution in [0.1, 0.15) is 6.92 Å². The molecule has 0 rings (SSSR count). The van der Waals surface area contributed by atoms with Gasteiger partial charge >= 0.3 is 0 Å². The van der Waals surface area contributed by atoms with Crippen molar-refractivity contribution in [2.75, 3.05) is 18.8 Å². The predicted octanol–water partition coefficient (Wildman–Crippen LogP) is -1.26. The molecule has 0 spiro atoms. The molecular weight excluding hydrogens is 192 g/mol. The van der Waals surface area contributed by atoms with Crippen molar-refractivity contribution in [3.63, 3.8) is 0 Å². The van der Waals surface area contributed by atoms with Crippen molar-refractivity contribution < 1.29 is 14.4 Å². The zero-order valence-electron chi connectivity index (χ0n) is 7.29. The Balaban J connectivity index is 3.52. The summed E-state index contributed by atoms with van der Waals surface area (Å²) in [5, 5.41) is 4.65. The Bertz CT molecular complexity index is 218. The van der Waals surface area contributed by atoms with Crippen LogP contribution < -0.4 is 10.6 Å². The lowest BCUT2D eigenvalue weighted by molar-refractivity contribution is -0.126. The van der Waals surface area contributed by atoms with Crippen LogP contribution in [-0.4, -0.2) is 36.4 Å². The van der Waals surface area contributed by atoms with Crippen LogP contribution in [0.4, 0.5) is 0 Å². The van der Waals surface area contributed by atoms with E-state index in [1.165, 1.54) is 6.92 Å². The van der Waals surface area contributed by atoms with E-state index < -0.39 is 0 Å². The summed E-state index contributed by atoms with van der Waals surface area (Å²) in [5.74, 6) is -0.791. The zero-order valence-corrected chi connectivity index (χ0v) is 8.19. The number of thiol groups is 1. The first-order valence-electron chi connectivity index (χ1n) is 3.70. The van der Waals surface area contributed by atoms with Crippen molar-refractivity contribution in [1.82, 2.24) is 10.6 Å². The maximum atomic E-state index is 10.9. The first-order valence-corrected chi connectivity index (χ1v) is 4.33. The van der Waals surface area contributed by atoms with Crippen molar-refractivity contribution in [1.29, 1.82) is 0 Å². The van der Waals surface area contributed by atoms with Gasteiger partial charge < -0.3 is 10.6 Å². The Hall–Kier alpha value is -1.04. The highest BCUT2D eigenvalue weighted by molar-refractivity contribution is 7.81. The quantitative estimate of drug-likeness (QED) is 0.489. The molecule has 2 N–H and O–H groups in total. The van der Waals surface area contributed by atoms with E-state index in [0.29, 0.717) is 0 Å². The van der Waals surface area contributed by atoms with Crippen molar-refractivity contribution in [3.05, 3.63) is 0 Å². The van der Waals surface area contributed by atoms with Crippen LogP contribution in [-0.2, 0) is 14.4 Å². The molecule has 0 unspecified atom stereocenters. The average molecular weight is 204 g/mol. The number of carbonyl (C=O) groups is 3. The van der Waals surface area contributed by atoms with Crippen molar-refractivity contribution in [2.24, 2.45) is 0 Å². The molecule has 0 aliphatic rings. The van der Waals surface area contributed by atoms with Crippen LogP contribution in [0.15, 0.2) is 0 Å². The lowest BCUT2D eigenvalue weighted by atomic mass is 10.4. The number of hydrogen-bond donors (Lipinski definition) is 3. The number of nitrogens with one attached hydrogen (secondary N) is 2. The van der Waals surface area contributed by atoms with E-state index in [9.17, 15) is 14.4 Å². The first kappa shape index (κ1) is 12.0. The SMILES string of the molecule is CC(=O)CNC(=O)CNC(=O)CS. The number of rotatable bonds is 5. The van der Waals surface area contributed by atoms with Gasteiger partial charge in [-0.05, 0) is 6.92 Å². The molecule has 0 bridgehead atoms. The zero-order chi connectivity index (χ0) is 10.3. The number of amides is 2. The molecule has 0 aromatic carbocycles. The Morgan fingerprint density at radius 2 is 1.62 bits per heavy atom. The summed E-state index contributed by atoms with van der Waals surface area (Å²) in [5.41, 5.74) is 0. The van der Waals surface area contributed by atoms with Gasteiger partial charge in [0, 0.05) is 0 Å². The van der Waals surface area contributed by atoms with E-state index in [-0.39, 0.29) is 36.4 Å². The van der Waals surface area contributed by atoms with Crippen LogP contribution in [0.25, 0.3) is 0 Å². The van der Waals surface area contributed by atoms with E-state index in [1.54, 1.807) is 0 Å². The second-order valence-corrected chi connectivity index (χ2v) is 2.73. The van der Waals surface area contributed by atoms with E-state index >= 15 is 0 Å². The summed E-state index contributed by atoms with van der Waals surface area (Å²) in [4.78, 5) is 31.9. The number of carbonyl (C=O) groups excluding carboxylic acids is 3. The van der Waals surface area contributed by atoms with Gasteiger partial charge in [-0.3, -0.25) is 14.4 Å². The molecule has 0 heterocycles. The van der Waals surface area contributed by atoms with Gasteiger partial charge in [0.15, 0.2) is 0 Å². The molecule has 0 aliphatic carbocycles. The summed E-state index contributed by atoms with van der Waals surface area (Å²) >= 11 is 3.70. The summed E-state index contributed by atoms with van der Waals surface area (Å²) in [6.45, 7) is 1.24. The lowest BCUT2D eigenvalue weighted by Gasteiger charge is -2.03. The monoisotopic (exact) mass is 204 g/mol. The van der Waals surface area contributed by atoms with Crippen LogP contribution in [0.5, 0.6) is 0 Å². The highest BCUT2D eigenvalue weighted by atomic mass is 32.1. The van der Waals surface area contributed by atoms with Gasteiger partial charge in [0.25, 0.3) is 0 Å². The maximum Gasteiger partial charge on any atom is 0.239 e. The third kappa shape index (κ3) is 7.32. The minimum absolute atomic E-state index is 0.00439.